The van der Waals surface area contributed by atoms with Crippen LogP contribution in [0.25, 0.3) is 11.3 Å². The Balaban J connectivity index is 1.93. The second-order valence-electron chi connectivity index (χ2n) is 6.17. The third kappa shape index (κ3) is 3.79. The van der Waals surface area contributed by atoms with Crippen LogP contribution in [0.3, 0.4) is 0 Å². The zero-order valence-electron chi connectivity index (χ0n) is 15.6. The largest absolute Gasteiger partial charge is 0.493 e. The van der Waals surface area contributed by atoms with Crippen molar-refractivity contribution in [1.29, 1.82) is 0 Å². The van der Waals surface area contributed by atoms with E-state index in [0.717, 1.165) is 28.9 Å². The van der Waals surface area contributed by atoms with E-state index in [0.29, 0.717) is 23.6 Å². The molecule has 0 saturated heterocycles. The molecule has 1 aromatic carbocycles. The van der Waals surface area contributed by atoms with Gasteiger partial charge in [0.05, 0.1) is 25.5 Å². The number of ether oxygens (including phenoxy) is 2. The van der Waals surface area contributed by atoms with E-state index in [1.807, 2.05) is 41.8 Å². The minimum atomic E-state index is -0.928. The van der Waals surface area contributed by atoms with Crippen molar-refractivity contribution in [3.8, 4) is 22.8 Å². The molecule has 0 saturated carbocycles. The number of hydrogen-bond donors (Lipinski definition) is 1. The van der Waals surface area contributed by atoms with Gasteiger partial charge in [-0.3, -0.25) is 4.98 Å². The van der Waals surface area contributed by atoms with Gasteiger partial charge in [-0.25, -0.2) is 4.79 Å². The van der Waals surface area contributed by atoms with Crippen LogP contribution in [0.5, 0.6) is 11.5 Å². The molecule has 0 radical (unpaired) electrons. The molecular formula is C21H22N2O4. The molecule has 0 aliphatic heterocycles. The molecule has 27 heavy (non-hydrogen) atoms. The Bertz CT molecular complexity index is 948. The van der Waals surface area contributed by atoms with Crippen LogP contribution in [0.15, 0.2) is 48.8 Å². The van der Waals surface area contributed by atoms with Gasteiger partial charge < -0.3 is 19.1 Å². The Labute approximate surface area is 158 Å². The van der Waals surface area contributed by atoms with E-state index in [2.05, 4.69) is 4.98 Å². The molecule has 3 aromatic rings. The molecule has 0 bridgehead atoms. The van der Waals surface area contributed by atoms with Crippen molar-refractivity contribution >= 4 is 5.97 Å². The Kier molecular flexibility index (Phi) is 5.45. The van der Waals surface area contributed by atoms with Crippen molar-refractivity contribution in [3.63, 3.8) is 0 Å². The molecule has 3 rings (SSSR count). The standard InChI is InChI=1S/C21H22N2O4/c1-14-17(21(24)25)12-18(16-5-4-9-22-13-16)23(14)10-8-15-6-7-19(26-2)20(11-15)27-3/h4-7,9,11-13H,8,10H2,1-3H3,(H,24,25). The van der Waals surface area contributed by atoms with Gasteiger partial charge in [0.15, 0.2) is 11.5 Å². The maximum absolute atomic E-state index is 11.6. The highest BCUT2D eigenvalue weighted by Crippen LogP contribution is 2.29. The summed E-state index contributed by atoms with van der Waals surface area (Å²) in [6, 6.07) is 11.3. The van der Waals surface area contributed by atoms with Gasteiger partial charge in [0.25, 0.3) is 0 Å². The van der Waals surface area contributed by atoms with Gasteiger partial charge in [0.2, 0.25) is 0 Å². The molecule has 1 N–H and O–H groups in total. The number of aryl methyl sites for hydroxylation is 1. The first-order valence-electron chi connectivity index (χ1n) is 8.60. The van der Waals surface area contributed by atoms with E-state index in [4.69, 9.17) is 9.47 Å². The van der Waals surface area contributed by atoms with Gasteiger partial charge in [-0.1, -0.05) is 6.07 Å². The van der Waals surface area contributed by atoms with Gasteiger partial charge in [-0.05, 0) is 49.2 Å². The minimum Gasteiger partial charge on any atom is -0.493 e. The number of pyridine rings is 1. The van der Waals surface area contributed by atoms with E-state index < -0.39 is 5.97 Å². The Morgan fingerprint density at radius 3 is 2.56 bits per heavy atom. The third-order valence-corrected chi connectivity index (χ3v) is 4.63. The van der Waals surface area contributed by atoms with Crippen LogP contribution in [0.2, 0.25) is 0 Å². The molecule has 0 spiro atoms. The number of rotatable bonds is 7. The summed E-state index contributed by atoms with van der Waals surface area (Å²) in [6.07, 6.45) is 4.17. The lowest BCUT2D eigenvalue weighted by molar-refractivity contribution is 0.0696. The van der Waals surface area contributed by atoms with E-state index in [1.54, 1.807) is 32.7 Å². The first kappa shape index (κ1) is 18.5. The first-order chi connectivity index (χ1) is 13.0. The molecule has 0 aliphatic carbocycles. The number of hydrogen-bond acceptors (Lipinski definition) is 4. The summed E-state index contributed by atoms with van der Waals surface area (Å²) in [5.74, 6) is 0.433. The van der Waals surface area contributed by atoms with E-state index in [9.17, 15) is 9.90 Å². The molecule has 0 unspecified atom stereocenters. The number of carbonyl (C=O) groups is 1. The number of benzene rings is 1. The Morgan fingerprint density at radius 2 is 1.93 bits per heavy atom. The van der Waals surface area contributed by atoms with Gasteiger partial charge in [0, 0.05) is 30.2 Å². The van der Waals surface area contributed by atoms with Crippen LogP contribution < -0.4 is 9.47 Å². The van der Waals surface area contributed by atoms with Crippen molar-refractivity contribution < 1.29 is 19.4 Å². The molecule has 2 aromatic heterocycles. The molecule has 6 nitrogen and oxygen atoms in total. The van der Waals surface area contributed by atoms with Gasteiger partial charge >= 0.3 is 5.97 Å². The number of carboxylic acid groups (broad SMARTS) is 1. The van der Waals surface area contributed by atoms with E-state index in [-0.39, 0.29) is 0 Å². The molecule has 6 heteroatoms. The van der Waals surface area contributed by atoms with Crippen LogP contribution in [0, 0.1) is 6.92 Å². The maximum atomic E-state index is 11.6. The molecule has 0 atom stereocenters. The van der Waals surface area contributed by atoms with E-state index in [1.165, 1.54) is 0 Å². The summed E-state index contributed by atoms with van der Waals surface area (Å²) >= 11 is 0. The second-order valence-corrected chi connectivity index (χ2v) is 6.17. The predicted octanol–water partition coefficient (Wildman–Crippen LogP) is 3.82. The van der Waals surface area contributed by atoms with Gasteiger partial charge in [-0.2, -0.15) is 0 Å². The Morgan fingerprint density at radius 1 is 1.15 bits per heavy atom. The molecule has 2 heterocycles. The lowest BCUT2D eigenvalue weighted by atomic mass is 10.1. The topological polar surface area (TPSA) is 73.6 Å². The highest BCUT2D eigenvalue weighted by molar-refractivity contribution is 5.91. The quantitative estimate of drug-likeness (QED) is 0.688. The molecule has 140 valence electrons. The highest BCUT2D eigenvalue weighted by atomic mass is 16.5. The molecule has 0 amide bonds. The van der Waals surface area contributed by atoms with Crippen LogP contribution in [-0.4, -0.2) is 34.8 Å². The van der Waals surface area contributed by atoms with Crippen LogP contribution in [-0.2, 0) is 13.0 Å². The highest BCUT2D eigenvalue weighted by Gasteiger charge is 2.18. The number of aromatic nitrogens is 2. The summed E-state index contributed by atoms with van der Waals surface area (Å²) in [5, 5.41) is 9.50. The normalized spacial score (nSPS) is 10.6. The summed E-state index contributed by atoms with van der Waals surface area (Å²) in [5.41, 5.74) is 3.84. The SMILES string of the molecule is COc1ccc(CCn2c(-c3cccnc3)cc(C(=O)O)c2C)cc1OC. The smallest absolute Gasteiger partial charge is 0.337 e. The van der Waals surface area contributed by atoms with Crippen molar-refractivity contribution in [2.75, 3.05) is 14.2 Å². The average Bonchev–Trinajstić information content (AvgIpc) is 3.03. The fourth-order valence-corrected chi connectivity index (χ4v) is 3.18. The maximum Gasteiger partial charge on any atom is 0.337 e. The number of methoxy groups -OCH3 is 2. The second kappa shape index (κ2) is 7.95. The van der Waals surface area contributed by atoms with Crippen molar-refractivity contribution in [1.82, 2.24) is 9.55 Å². The molecular weight excluding hydrogens is 344 g/mol. The Hall–Kier alpha value is -3.28. The van der Waals surface area contributed by atoms with Gasteiger partial charge in [0.1, 0.15) is 0 Å². The summed E-state index contributed by atoms with van der Waals surface area (Å²) in [4.78, 5) is 15.7. The van der Waals surface area contributed by atoms with Crippen molar-refractivity contribution in [2.24, 2.45) is 0 Å². The van der Waals surface area contributed by atoms with Crippen molar-refractivity contribution in [3.05, 3.63) is 65.6 Å². The predicted molar refractivity (Wildman–Crippen MR) is 103 cm³/mol. The number of nitrogens with zero attached hydrogens (tertiary/aromatic N) is 2. The number of carboxylic acids is 1. The fourth-order valence-electron chi connectivity index (χ4n) is 3.18. The van der Waals surface area contributed by atoms with Crippen LogP contribution >= 0.6 is 0 Å². The van der Waals surface area contributed by atoms with E-state index >= 15 is 0 Å². The summed E-state index contributed by atoms with van der Waals surface area (Å²) in [6.45, 7) is 2.47. The molecule has 0 fully saturated rings. The van der Waals surface area contributed by atoms with Crippen LogP contribution in [0.1, 0.15) is 21.6 Å². The summed E-state index contributed by atoms with van der Waals surface area (Å²) in [7, 11) is 3.21. The lowest BCUT2D eigenvalue weighted by Gasteiger charge is -2.13. The summed E-state index contributed by atoms with van der Waals surface area (Å²) < 4.78 is 12.7. The lowest BCUT2D eigenvalue weighted by Crippen LogP contribution is -2.07. The zero-order valence-corrected chi connectivity index (χ0v) is 15.6. The monoisotopic (exact) mass is 366 g/mol. The van der Waals surface area contributed by atoms with Crippen molar-refractivity contribution in [2.45, 2.75) is 19.9 Å². The van der Waals surface area contributed by atoms with Gasteiger partial charge in [-0.15, -0.1) is 0 Å². The van der Waals surface area contributed by atoms with Crippen LogP contribution in [0.4, 0.5) is 0 Å². The third-order valence-electron chi connectivity index (χ3n) is 4.63. The first-order valence-corrected chi connectivity index (χ1v) is 8.60. The average molecular weight is 366 g/mol. The minimum absolute atomic E-state index is 0.307. The number of aromatic carboxylic acids is 1. The zero-order chi connectivity index (χ0) is 19.4. The fraction of sp³-hybridized carbons (Fsp3) is 0.238. The molecule has 0 aliphatic rings.